The Hall–Kier alpha value is -1.16. The molecular weight excluding hydrogens is 300 g/mol. The smallest absolute Gasteiger partial charge is 0.0561 e. The molecule has 2 atom stereocenters. The van der Waals surface area contributed by atoms with E-state index < -0.39 is 0 Å². The highest BCUT2D eigenvalue weighted by atomic mass is 32.1. The van der Waals surface area contributed by atoms with E-state index in [1.54, 1.807) is 10.4 Å². The van der Waals surface area contributed by atoms with E-state index in [0.717, 1.165) is 6.54 Å². The quantitative estimate of drug-likeness (QED) is 0.843. The third kappa shape index (κ3) is 3.37. The summed E-state index contributed by atoms with van der Waals surface area (Å²) in [6.07, 6.45) is 2.51. The van der Waals surface area contributed by atoms with Crippen LogP contribution in [0.25, 0.3) is 0 Å². The first-order valence-electron chi connectivity index (χ1n) is 8.59. The molecule has 124 valence electrons. The second-order valence-corrected chi connectivity index (χ2v) is 8.39. The summed E-state index contributed by atoms with van der Waals surface area (Å²) in [7, 11) is 2.05. The number of rotatable bonds is 3. The van der Waals surface area contributed by atoms with Gasteiger partial charge in [0.2, 0.25) is 0 Å². The lowest BCUT2D eigenvalue weighted by molar-refractivity contribution is 0.0796. The van der Waals surface area contributed by atoms with Crippen LogP contribution in [-0.4, -0.2) is 18.6 Å². The van der Waals surface area contributed by atoms with Gasteiger partial charge in [-0.2, -0.15) is 0 Å². The third-order valence-corrected chi connectivity index (χ3v) is 6.19. The highest BCUT2D eigenvalue weighted by Crippen LogP contribution is 2.46. The minimum absolute atomic E-state index is 0.215. The maximum atomic E-state index is 3.44. The van der Waals surface area contributed by atoms with Crippen molar-refractivity contribution in [1.82, 2.24) is 10.4 Å². The molecule has 0 bridgehead atoms. The van der Waals surface area contributed by atoms with E-state index in [1.807, 2.05) is 11.3 Å². The number of benzene rings is 1. The molecule has 1 aromatic carbocycles. The molecule has 1 aromatic heterocycles. The van der Waals surface area contributed by atoms with Crippen molar-refractivity contribution < 1.29 is 0 Å². The molecule has 0 unspecified atom stereocenters. The maximum absolute atomic E-state index is 3.44. The molecule has 3 heteroatoms. The first-order valence-corrected chi connectivity index (χ1v) is 9.47. The zero-order chi connectivity index (χ0) is 16.4. The monoisotopic (exact) mass is 328 g/mol. The fraction of sp³-hybridized carbons (Fsp3) is 0.500. The van der Waals surface area contributed by atoms with Gasteiger partial charge in [-0.15, -0.1) is 11.3 Å². The van der Waals surface area contributed by atoms with Crippen LogP contribution in [0.3, 0.4) is 0 Å². The number of hydrazine groups is 1. The molecule has 1 aliphatic rings. The molecule has 1 saturated heterocycles. The van der Waals surface area contributed by atoms with E-state index in [-0.39, 0.29) is 5.41 Å². The van der Waals surface area contributed by atoms with Gasteiger partial charge in [-0.25, -0.2) is 5.01 Å². The van der Waals surface area contributed by atoms with Gasteiger partial charge in [0.15, 0.2) is 0 Å². The van der Waals surface area contributed by atoms with Crippen molar-refractivity contribution >= 4 is 11.3 Å². The molecule has 2 heterocycles. The predicted octanol–water partition coefficient (Wildman–Crippen LogP) is 5.10. The van der Waals surface area contributed by atoms with Crippen molar-refractivity contribution in [3.05, 3.63) is 57.8 Å². The lowest BCUT2D eigenvalue weighted by atomic mass is 9.78. The summed E-state index contributed by atoms with van der Waals surface area (Å²) in [6.45, 7) is 8.11. The van der Waals surface area contributed by atoms with Crippen molar-refractivity contribution in [2.75, 3.05) is 13.6 Å². The number of hydrogen-bond acceptors (Lipinski definition) is 3. The van der Waals surface area contributed by atoms with E-state index in [2.05, 4.69) is 80.0 Å². The van der Waals surface area contributed by atoms with Gasteiger partial charge < -0.3 is 0 Å². The SMILES string of the molecule is CNN1CCC[C@H](c2ccsc2C(C)(C)C)[C@@H]1c1ccccc1. The van der Waals surface area contributed by atoms with Gasteiger partial charge in [-0.3, -0.25) is 5.43 Å². The summed E-state index contributed by atoms with van der Waals surface area (Å²) in [5.41, 5.74) is 6.62. The van der Waals surface area contributed by atoms with Crippen LogP contribution in [0.2, 0.25) is 0 Å². The Balaban J connectivity index is 2.04. The van der Waals surface area contributed by atoms with Gasteiger partial charge in [0.1, 0.15) is 0 Å². The first kappa shape index (κ1) is 16.7. The standard InChI is InChI=1S/C20H28N2S/c1-20(2,3)19-17(12-14-23-19)16-11-8-13-22(21-4)18(16)15-9-6-5-7-10-15/h5-7,9-10,12,14,16,18,21H,8,11,13H2,1-4H3/t16-,18+/m1/s1. The van der Waals surface area contributed by atoms with Gasteiger partial charge in [0.05, 0.1) is 6.04 Å². The molecule has 1 N–H and O–H groups in total. The lowest BCUT2D eigenvalue weighted by Crippen LogP contribution is -2.45. The molecule has 0 saturated carbocycles. The molecule has 3 rings (SSSR count). The average molecular weight is 329 g/mol. The average Bonchev–Trinajstić information content (AvgIpc) is 3.04. The number of thiophene rings is 1. The van der Waals surface area contributed by atoms with Crippen LogP contribution in [0.1, 0.15) is 61.6 Å². The van der Waals surface area contributed by atoms with Crippen LogP contribution in [0.5, 0.6) is 0 Å². The molecule has 0 amide bonds. The zero-order valence-corrected chi connectivity index (χ0v) is 15.5. The zero-order valence-electron chi connectivity index (χ0n) is 14.7. The summed E-state index contributed by atoms with van der Waals surface area (Å²) >= 11 is 1.92. The second-order valence-electron chi connectivity index (χ2n) is 7.48. The molecule has 2 nitrogen and oxygen atoms in total. The fourth-order valence-electron chi connectivity index (χ4n) is 3.86. The normalized spacial score (nSPS) is 23.1. The summed E-state index contributed by atoms with van der Waals surface area (Å²) in [5, 5.41) is 4.70. The van der Waals surface area contributed by atoms with Gasteiger partial charge in [0, 0.05) is 17.3 Å². The minimum atomic E-state index is 0.215. The topological polar surface area (TPSA) is 15.3 Å². The number of nitrogens with zero attached hydrogens (tertiary/aromatic N) is 1. The second kappa shape index (κ2) is 6.76. The van der Waals surface area contributed by atoms with Crippen molar-refractivity contribution in [2.24, 2.45) is 0 Å². The van der Waals surface area contributed by atoms with E-state index in [9.17, 15) is 0 Å². The Morgan fingerprint density at radius 2 is 1.87 bits per heavy atom. The van der Waals surface area contributed by atoms with Crippen molar-refractivity contribution in [3.63, 3.8) is 0 Å². The van der Waals surface area contributed by atoms with Crippen LogP contribution >= 0.6 is 11.3 Å². The Morgan fingerprint density at radius 3 is 2.52 bits per heavy atom. The van der Waals surface area contributed by atoms with Gasteiger partial charge in [-0.05, 0) is 47.9 Å². The van der Waals surface area contributed by atoms with Gasteiger partial charge in [-0.1, -0.05) is 51.1 Å². The largest absolute Gasteiger partial charge is 0.258 e. The van der Waals surface area contributed by atoms with Crippen molar-refractivity contribution in [2.45, 2.75) is 51.0 Å². The molecule has 1 aliphatic heterocycles. The number of hydrogen-bond donors (Lipinski definition) is 1. The van der Waals surface area contributed by atoms with Gasteiger partial charge in [0.25, 0.3) is 0 Å². The summed E-state index contributed by atoms with van der Waals surface area (Å²) < 4.78 is 0. The Bertz CT molecular complexity index is 627. The third-order valence-electron chi connectivity index (χ3n) is 4.84. The van der Waals surface area contributed by atoms with Gasteiger partial charge >= 0.3 is 0 Å². The summed E-state index contributed by atoms with van der Waals surface area (Å²) in [4.78, 5) is 1.54. The van der Waals surface area contributed by atoms with Crippen LogP contribution in [0.4, 0.5) is 0 Å². The molecule has 1 fully saturated rings. The van der Waals surface area contributed by atoms with E-state index in [4.69, 9.17) is 0 Å². The lowest BCUT2D eigenvalue weighted by Gasteiger charge is -2.42. The van der Waals surface area contributed by atoms with Crippen molar-refractivity contribution in [3.8, 4) is 0 Å². The number of piperidine rings is 1. The summed E-state index contributed by atoms with van der Waals surface area (Å²) in [5.74, 6) is 0.555. The molecule has 0 aliphatic carbocycles. The Morgan fingerprint density at radius 1 is 1.13 bits per heavy atom. The molecule has 23 heavy (non-hydrogen) atoms. The maximum Gasteiger partial charge on any atom is 0.0561 e. The van der Waals surface area contributed by atoms with E-state index >= 15 is 0 Å². The molecule has 0 radical (unpaired) electrons. The van der Waals surface area contributed by atoms with Crippen molar-refractivity contribution in [1.29, 1.82) is 0 Å². The fourth-order valence-corrected chi connectivity index (χ4v) is 4.92. The summed E-state index contributed by atoms with van der Waals surface area (Å²) in [6, 6.07) is 13.7. The molecule has 2 aromatic rings. The minimum Gasteiger partial charge on any atom is -0.258 e. The Kier molecular flexibility index (Phi) is 4.90. The highest BCUT2D eigenvalue weighted by molar-refractivity contribution is 7.10. The van der Waals surface area contributed by atoms with Crippen LogP contribution in [0, 0.1) is 0 Å². The van der Waals surface area contributed by atoms with Crippen LogP contribution in [0.15, 0.2) is 41.8 Å². The van der Waals surface area contributed by atoms with Crippen LogP contribution in [-0.2, 0) is 5.41 Å². The van der Waals surface area contributed by atoms with E-state index in [0.29, 0.717) is 12.0 Å². The predicted molar refractivity (Wildman–Crippen MR) is 99.9 cm³/mol. The van der Waals surface area contributed by atoms with Crippen LogP contribution < -0.4 is 5.43 Å². The Labute approximate surface area is 144 Å². The highest BCUT2D eigenvalue weighted by Gasteiger charge is 2.36. The number of nitrogens with one attached hydrogen (secondary N) is 1. The first-order chi connectivity index (χ1) is 11.0. The van der Waals surface area contributed by atoms with E-state index in [1.165, 1.54) is 18.4 Å². The molecular formula is C20H28N2S. The molecule has 0 spiro atoms.